The molecule has 0 aromatic heterocycles. The lowest BCUT2D eigenvalue weighted by atomic mass is 9.92. The van der Waals surface area contributed by atoms with E-state index in [4.69, 9.17) is 0 Å². The number of hydrogen-bond donors (Lipinski definition) is 1. The molecule has 2 fully saturated rings. The van der Waals surface area contributed by atoms with Crippen LogP contribution >= 0.6 is 0 Å². The highest BCUT2D eigenvalue weighted by atomic mass is 16.2. The van der Waals surface area contributed by atoms with Crippen LogP contribution in [-0.2, 0) is 4.79 Å². The van der Waals surface area contributed by atoms with E-state index in [1.807, 2.05) is 0 Å². The molecule has 0 aromatic carbocycles. The molecule has 2 aliphatic rings. The Balaban J connectivity index is 2.01. The van der Waals surface area contributed by atoms with Gasteiger partial charge in [-0.2, -0.15) is 0 Å². The van der Waals surface area contributed by atoms with Crippen LogP contribution in [0.2, 0.25) is 0 Å². The van der Waals surface area contributed by atoms with Gasteiger partial charge >= 0.3 is 0 Å². The van der Waals surface area contributed by atoms with Crippen LogP contribution in [0.15, 0.2) is 0 Å². The first-order chi connectivity index (χ1) is 9.04. The molecule has 1 N–H and O–H groups in total. The number of carbonyl (C=O) groups excluding carboxylic acids is 1. The van der Waals surface area contributed by atoms with E-state index < -0.39 is 0 Å². The Morgan fingerprint density at radius 2 is 2.11 bits per heavy atom. The summed E-state index contributed by atoms with van der Waals surface area (Å²) < 4.78 is 0. The third-order valence-electron chi connectivity index (χ3n) is 4.68. The molecular weight excluding hydrogens is 238 g/mol. The largest absolute Gasteiger partial charge is 0.323 e. The Labute approximate surface area is 117 Å². The smallest absolute Gasteiger partial charge is 0.241 e. The van der Waals surface area contributed by atoms with Crippen LogP contribution in [0, 0.1) is 5.92 Å². The molecule has 0 radical (unpaired) electrons. The lowest BCUT2D eigenvalue weighted by Gasteiger charge is -2.41. The number of carbonyl (C=O) groups is 1. The zero-order valence-electron chi connectivity index (χ0n) is 12.9. The molecule has 4 atom stereocenters. The molecule has 2 heterocycles. The van der Waals surface area contributed by atoms with Crippen molar-refractivity contribution in [3.05, 3.63) is 0 Å². The van der Waals surface area contributed by atoms with Crippen LogP contribution in [0.4, 0.5) is 0 Å². The average molecular weight is 267 g/mol. The highest BCUT2D eigenvalue weighted by molar-refractivity contribution is 5.84. The fourth-order valence-corrected chi connectivity index (χ4v) is 3.63. The Morgan fingerprint density at radius 3 is 2.74 bits per heavy atom. The number of amides is 1. The highest BCUT2D eigenvalue weighted by Crippen LogP contribution is 2.27. The van der Waals surface area contributed by atoms with Crippen molar-refractivity contribution in [2.45, 2.75) is 64.7 Å². The molecule has 2 saturated heterocycles. The number of rotatable bonds is 4. The molecule has 0 aliphatic carbocycles. The number of nitrogens with one attached hydrogen (secondary N) is 1. The minimum Gasteiger partial charge on any atom is -0.323 e. The van der Waals surface area contributed by atoms with Gasteiger partial charge in [-0.05, 0) is 39.3 Å². The third-order valence-corrected chi connectivity index (χ3v) is 4.68. The Morgan fingerprint density at radius 1 is 1.37 bits per heavy atom. The number of hydrogen-bond acceptors (Lipinski definition) is 3. The molecule has 4 heteroatoms. The minimum atomic E-state index is 0.0572. The molecule has 0 aromatic rings. The molecule has 0 bridgehead atoms. The van der Waals surface area contributed by atoms with E-state index in [1.54, 1.807) is 0 Å². The van der Waals surface area contributed by atoms with E-state index >= 15 is 0 Å². The SMILES string of the molecule is CCCCC1NC(C)N(C2CCN(C)CC2C)C1=O. The summed E-state index contributed by atoms with van der Waals surface area (Å²) in [6.07, 6.45) is 4.58. The molecule has 2 rings (SSSR count). The van der Waals surface area contributed by atoms with Crippen LogP contribution < -0.4 is 5.32 Å². The summed E-state index contributed by atoms with van der Waals surface area (Å²) in [5.74, 6) is 0.902. The van der Waals surface area contributed by atoms with Crippen LogP contribution in [0.5, 0.6) is 0 Å². The van der Waals surface area contributed by atoms with Crippen molar-refractivity contribution in [2.75, 3.05) is 20.1 Å². The molecule has 0 saturated carbocycles. The zero-order chi connectivity index (χ0) is 14.0. The second kappa shape index (κ2) is 6.23. The van der Waals surface area contributed by atoms with Gasteiger partial charge in [-0.25, -0.2) is 0 Å². The van der Waals surface area contributed by atoms with E-state index in [9.17, 15) is 4.79 Å². The predicted octanol–water partition coefficient (Wildman–Crippen LogP) is 1.66. The van der Waals surface area contributed by atoms with Gasteiger partial charge in [-0.15, -0.1) is 0 Å². The highest BCUT2D eigenvalue weighted by Gasteiger charge is 2.42. The van der Waals surface area contributed by atoms with Gasteiger partial charge in [0.15, 0.2) is 0 Å². The Kier molecular flexibility index (Phi) is 4.85. The maximum Gasteiger partial charge on any atom is 0.241 e. The van der Waals surface area contributed by atoms with Crippen molar-refractivity contribution >= 4 is 5.91 Å². The number of piperidine rings is 1. The lowest BCUT2D eigenvalue weighted by molar-refractivity contribution is -0.134. The van der Waals surface area contributed by atoms with Crippen molar-refractivity contribution in [3.8, 4) is 0 Å². The first kappa shape index (κ1) is 14.8. The molecule has 4 nitrogen and oxygen atoms in total. The Hall–Kier alpha value is -0.610. The molecule has 110 valence electrons. The van der Waals surface area contributed by atoms with Crippen molar-refractivity contribution in [2.24, 2.45) is 5.92 Å². The van der Waals surface area contributed by atoms with Crippen molar-refractivity contribution in [1.82, 2.24) is 15.1 Å². The summed E-state index contributed by atoms with van der Waals surface area (Å²) in [5, 5.41) is 3.48. The van der Waals surface area contributed by atoms with Crippen molar-refractivity contribution in [1.29, 1.82) is 0 Å². The summed E-state index contributed by atoms with van der Waals surface area (Å²) in [7, 11) is 2.17. The quantitative estimate of drug-likeness (QED) is 0.841. The summed E-state index contributed by atoms with van der Waals surface area (Å²) >= 11 is 0. The van der Waals surface area contributed by atoms with Gasteiger partial charge in [0, 0.05) is 12.6 Å². The zero-order valence-corrected chi connectivity index (χ0v) is 12.9. The predicted molar refractivity (Wildman–Crippen MR) is 77.8 cm³/mol. The molecular formula is C15H29N3O. The molecule has 19 heavy (non-hydrogen) atoms. The van der Waals surface area contributed by atoms with E-state index in [0.717, 1.165) is 38.8 Å². The second-order valence-electron chi connectivity index (χ2n) is 6.38. The monoisotopic (exact) mass is 267 g/mol. The molecule has 4 unspecified atom stereocenters. The fraction of sp³-hybridized carbons (Fsp3) is 0.933. The van der Waals surface area contributed by atoms with Crippen LogP contribution in [0.1, 0.15) is 46.5 Å². The standard InChI is InChI=1S/C15H29N3O/c1-5-6-7-13-15(19)18(12(3)16-13)14-8-9-17(4)10-11(14)2/h11-14,16H,5-10H2,1-4H3. The maximum absolute atomic E-state index is 12.6. The van der Waals surface area contributed by atoms with Gasteiger partial charge in [0.25, 0.3) is 0 Å². The van der Waals surface area contributed by atoms with E-state index in [2.05, 4.69) is 42.9 Å². The molecule has 0 spiro atoms. The van der Waals surface area contributed by atoms with E-state index in [-0.39, 0.29) is 12.2 Å². The van der Waals surface area contributed by atoms with Gasteiger partial charge in [0.05, 0.1) is 12.2 Å². The van der Waals surface area contributed by atoms with Gasteiger partial charge in [0.2, 0.25) is 5.91 Å². The number of likely N-dealkylation sites (tertiary alicyclic amines) is 1. The van der Waals surface area contributed by atoms with Crippen LogP contribution in [0.25, 0.3) is 0 Å². The normalized spacial score (nSPS) is 37.1. The number of unbranched alkanes of at least 4 members (excludes halogenated alkanes) is 1. The van der Waals surface area contributed by atoms with E-state index in [0.29, 0.717) is 17.9 Å². The van der Waals surface area contributed by atoms with Gasteiger partial charge in [-0.3, -0.25) is 10.1 Å². The summed E-state index contributed by atoms with van der Waals surface area (Å²) in [4.78, 5) is 17.1. The maximum atomic E-state index is 12.6. The van der Waals surface area contributed by atoms with Gasteiger partial charge in [-0.1, -0.05) is 26.7 Å². The summed E-state index contributed by atoms with van der Waals surface area (Å²) in [6.45, 7) is 8.79. The van der Waals surface area contributed by atoms with Crippen LogP contribution in [0.3, 0.4) is 0 Å². The lowest BCUT2D eigenvalue weighted by Crippen LogP contribution is -2.52. The number of nitrogens with zero attached hydrogens (tertiary/aromatic N) is 2. The fourth-order valence-electron chi connectivity index (χ4n) is 3.63. The Bertz CT molecular complexity index is 321. The van der Waals surface area contributed by atoms with Gasteiger partial charge in [0.1, 0.15) is 0 Å². The average Bonchev–Trinajstić information content (AvgIpc) is 2.63. The van der Waals surface area contributed by atoms with E-state index in [1.165, 1.54) is 0 Å². The van der Waals surface area contributed by atoms with Crippen LogP contribution in [-0.4, -0.2) is 54.1 Å². The summed E-state index contributed by atoms with van der Waals surface area (Å²) in [6, 6.07) is 0.472. The minimum absolute atomic E-state index is 0.0572. The van der Waals surface area contributed by atoms with Gasteiger partial charge < -0.3 is 9.80 Å². The topological polar surface area (TPSA) is 35.6 Å². The second-order valence-corrected chi connectivity index (χ2v) is 6.38. The summed E-state index contributed by atoms with van der Waals surface area (Å²) in [5.41, 5.74) is 0. The molecule has 1 amide bonds. The first-order valence-corrected chi connectivity index (χ1v) is 7.81. The van der Waals surface area contributed by atoms with Crippen molar-refractivity contribution in [3.63, 3.8) is 0 Å². The molecule has 2 aliphatic heterocycles. The van der Waals surface area contributed by atoms with Crippen molar-refractivity contribution < 1.29 is 4.79 Å². The first-order valence-electron chi connectivity index (χ1n) is 7.81. The third kappa shape index (κ3) is 3.11.